The molecule has 0 fully saturated rings. The Morgan fingerprint density at radius 2 is 2.11 bits per heavy atom. The van der Waals surface area contributed by atoms with Gasteiger partial charge in [-0.2, -0.15) is 0 Å². The summed E-state index contributed by atoms with van der Waals surface area (Å²) in [6, 6.07) is 8.08. The number of aromatic nitrogens is 1. The average molecular weight is 244 g/mol. The first kappa shape index (κ1) is 12.7. The fraction of sp³-hybridized carbons (Fsp3) is 0.400. The molecule has 1 aromatic carbocycles. The minimum absolute atomic E-state index is 0.696. The summed E-state index contributed by atoms with van der Waals surface area (Å²) in [5.74, 6) is 2.50. The maximum Gasteiger partial charge on any atom is 0.133 e. The minimum atomic E-state index is 0.696. The fourth-order valence-corrected chi connectivity index (χ4v) is 1.89. The smallest absolute Gasteiger partial charge is 0.133 e. The zero-order valence-electron chi connectivity index (χ0n) is 11.2. The minimum Gasteiger partial charge on any atom is -0.497 e. The van der Waals surface area contributed by atoms with Gasteiger partial charge in [0.1, 0.15) is 11.6 Å². The van der Waals surface area contributed by atoms with Gasteiger partial charge in [-0.15, -0.1) is 0 Å². The van der Waals surface area contributed by atoms with Crippen LogP contribution in [0.15, 0.2) is 30.5 Å². The summed E-state index contributed by atoms with van der Waals surface area (Å²) in [5, 5.41) is 5.69. The molecule has 18 heavy (non-hydrogen) atoms. The maximum absolute atomic E-state index is 5.26. The maximum atomic E-state index is 5.26. The molecule has 0 unspecified atom stereocenters. The van der Waals surface area contributed by atoms with E-state index in [0.717, 1.165) is 29.9 Å². The standard InChI is InChI=1S/C15H20N2O/c1-11(2)6-8-16-15-14-10-13(18-3)5-4-12(14)7-9-17-15/h4-5,7,9-11H,6,8H2,1-3H3,(H,16,17). The van der Waals surface area contributed by atoms with E-state index in [-0.39, 0.29) is 0 Å². The van der Waals surface area contributed by atoms with Crippen LogP contribution in [-0.4, -0.2) is 18.6 Å². The molecule has 0 atom stereocenters. The molecule has 0 aliphatic carbocycles. The number of rotatable bonds is 5. The van der Waals surface area contributed by atoms with Crippen LogP contribution in [0.1, 0.15) is 20.3 Å². The third-order valence-electron chi connectivity index (χ3n) is 2.99. The topological polar surface area (TPSA) is 34.1 Å². The number of benzene rings is 1. The number of fused-ring (bicyclic) bond motifs is 1. The van der Waals surface area contributed by atoms with Gasteiger partial charge in [-0.1, -0.05) is 19.9 Å². The van der Waals surface area contributed by atoms with Crippen molar-refractivity contribution in [2.75, 3.05) is 19.0 Å². The summed E-state index contributed by atoms with van der Waals surface area (Å²) in [4.78, 5) is 4.41. The second-order valence-electron chi connectivity index (χ2n) is 4.86. The van der Waals surface area contributed by atoms with Gasteiger partial charge in [0.05, 0.1) is 7.11 Å². The van der Waals surface area contributed by atoms with E-state index in [1.165, 1.54) is 5.39 Å². The Labute approximate surface area is 108 Å². The summed E-state index contributed by atoms with van der Waals surface area (Å²) < 4.78 is 5.26. The van der Waals surface area contributed by atoms with Crippen LogP contribution in [0.3, 0.4) is 0 Å². The molecule has 1 heterocycles. The Morgan fingerprint density at radius 3 is 2.83 bits per heavy atom. The number of nitrogens with zero attached hydrogens (tertiary/aromatic N) is 1. The van der Waals surface area contributed by atoms with Crippen molar-refractivity contribution in [1.29, 1.82) is 0 Å². The Kier molecular flexibility index (Phi) is 4.03. The van der Waals surface area contributed by atoms with Crippen molar-refractivity contribution in [3.05, 3.63) is 30.5 Å². The Bertz CT molecular complexity index is 523. The molecule has 96 valence electrons. The summed E-state index contributed by atoms with van der Waals surface area (Å²) in [6.07, 6.45) is 2.98. The number of hydrogen-bond acceptors (Lipinski definition) is 3. The average Bonchev–Trinajstić information content (AvgIpc) is 2.38. The predicted octanol–water partition coefficient (Wildman–Crippen LogP) is 3.70. The lowest BCUT2D eigenvalue weighted by Gasteiger charge is -2.11. The number of hydrogen-bond donors (Lipinski definition) is 1. The van der Waals surface area contributed by atoms with E-state index in [0.29, 0.717) is 5.92 Å². The highest BCUT2D eigenvalue weighted by Gasteiger charge is 2.04. The van der Waals surface area contributed by atoms with Crippen molar-refractivity contribution in [3.8, 4) is 5.75 Å². The summed E-state index contributed by atoms with van der Waals surface area (Å²) in [6.45, 7) is 5.39. The van der Waals surface area contributed by atoms with E-state index in [2.05, 4.69) is 30.2 Å². The van der Waals surface area contributed by atoms with Crippen molar-refractivity contribution < 1.29 is 4.74 Å². The van der Waals surface area contributed by atoms with Gasteiger partial charge in [0.2, 0.25) is 0 Å². The molecule has 3 heteroatoms. The van der Waals surface area contributed by atoms with Crippen LogP contribution >= 0.6 is 0 Å². The van der Waals surface area contributed by atoms with Crippen LogP contribution in [0.4, 0.5) is 5.82 Å². The molecule has 0 aliphatic rings. The highest BCUT2D eigenvalue weighted by Crippen LogP contribution is 2.25. The van der Waals surface area contributed by atoms with E-state index >= 15 is 0 Å². The number of anilines is 1. The third kappa shape index (κ3) is 2.92. The highest BCUT2D eigenvalue weighted by molar-refractivity contribution is 5.92. The molecular formula is C15H20N2O. The number of nitrogens with one attached hydrogen (secondary N) is 1. The molecule has 0 saturated carbocycles. The quantitative estimate of drug-likeness (QED) is 0.870. The number of methoxy groups -OCH3 is 1. The molecule has 3 nitrogen and oxygen atoms in total. The van der Waals surface area contributed by atoms with Crippen molar-refractivity contribution in [1.82, 2.24) is 4.98 Å². The van der Waals surface area contributed by atoms with Gasteiger partial charge in [0.25, 0.3) is 0 Å². The normalized spacial score (nSPS) is 10.9. The molecule has 0 bridgehead atoms. The van der Waals surface area contributed by atoms with Crippen LogP contribution in [0, 0.1) is 5.92 Å². The Morgan fingerprint density at radius 1 is 1.28 bits per heavy atom. The van der Waals surface area contributed by atoms with E-state index in [1.807, 2.05) is 24.4 Å². The summed E-state index contributed by atoms with van der Waals surface area (Å²) >= 11 is 0. The largest absolute Gasteiger partial charge is 0.497 e. The van der Waals surface area contributed by atoms with E-state index in [9.17, 15) is 0 Å². The molecule has 0 amide bonds. The first-order valence-corrected chi connectivity index (χ1v) is 6.37. The predicted molar refractivity (Wildman–Crippen MR) is 76.2 cm³/mol. The highest BCUT2D eigenvalue weighted by atomic mass is 16.5. The Hall–Kier alpha value is -1.77. The SMILES string of the molecule is COc1ccc2ccnc(NCCC(C)C)c2c1. The van der Waals surface area contributed by atoms with Crippen molar-refractivity contribution in [3.63, 3.8) is 0 Å². The molecule has 1 N–H and O–H groups in total. The van der Waals surface area contributed by atoms with Gasteiger partial charge >= 0.3 is 0 Å². The second-order valence-corrected chi connectivity index (χ2v) is 4.86. The van der Waals surface area contributed by atoms with Crippen LogP contribution in [0.5, 0.6) is 5.75 Å². The Balaban J connectivity index is 2.25. The van der Waals surface area contributed by atoms with E-state index in [1.54, 1.807) is 7.11 Å². The number of pyridine rings is 1. The van der Waals surface area contributed by atoms with Gasteiger partial charge in [-0.05, 0) is 35.9 Å². The molecule has 0 aliphatic heterocycles. The van der Waals surface area contributed by atoms with Crippen LogP contribution < -0.4 is 10.1 Å². The summed E-state index contributed by atoms with van der Waals surface area (Å²) in [5.41, 5.74) is 0. The third-order valence-corrected chi connectivity index (χ3v) is 2.99. The van der Waals surface area contributed by atoms with E-state index in [4.69, 9.17) is 4.74 Å². The van der Waals surface area contributed by atoms with Gasteiger partial charge in [-0.3, -0.25) is 0 Å². The van der Waals surface area contributed by atoms with E-state index < -0.39 is 0 Å². The van der Waals surface area contributed by atoms with Crippen LogP contribution in [0.25, 0.3) is 10.8 Å². The van der Waals surface area contributed by atoms with Crippen molar-refractivity contribution >= 4 is 16.6 Å². The zero-order chi connectivity index (χ0) is 13.0. The van der Waals surface area contributed by atoms with Crippen molar-refractivity contribution in [2.24, 2.45) is 5.92 Å². The molecule has 0 saturated heterocycles. The number of ether oxygens (including phenoxy) is 1. The lowest BCUT2D eigenvalue weighted by molar-refractivity contribution is 0.415. The summed E-state index contributed by atoms with van der Waals surface area (Å²) in [7, 11) is 1.68. The molecule has 2 rings (SSSR count). The fourth-order valence-electron chi connectivity index (χ4n) is 1.89. The second kappa shape index (κ2) is 5.71. The molecule has 0 spiro atoms. The van der Waals surface area contributed by atoms with Crippen molar-refractivity contribution in [2.45, 2.75) is 20.3 Å². The molecule has 1 aromatic heterocycles. The molecule has 0 radical (unpaired) electrons. The van der Waals surface area contributed by atoms with Gasteiger partial charge in [0, 0.05) is 18.1 Å². The van der Waals surface area contributed by atoms with Crippen LogP contribution in [0.2, 0.25) is 0 Å². The molecule has 2 aromatic rings. The zero-order valence-corrected chi connectivity index (χ0v) is 11.2. The van der Waals surface area contributed by atoms with Gasteiger partial charge < -0.3 is 10.1 Å². The van der Waals surface area contributed by atoms with Crippen LogP contribution in [-0.2, 0) is 0 Å². The first-order chi connectivity index (χ1) is 8.70. The lowest BCUT2D eigenvalue weighted by atomic mass is 10.1. The lowest BCUT2D eigenvalue weighted by Crippen LogP contribution is -2.06. The van der Waals surface area contributed by atoms with Gasteiger partial charge in [-0.25, -0.2) is 4.98 Å². The monoisotopic (exact) mass is 244 g/mol. The van der Waals surface area contributed by atoms with Gasteiger partial charge in [0.15, 0.2) is 0 Å². The molecular weight excluding hydrogens is 224 g/mol. The first-order valence-electron chi connectivity index (χ1n) is 6.37.